The third-order valence-corrected chi connectivity index (χ3v) is 5.52. The van der Waals surface area contributed by atoms with Gasteiger partial charge in [0.05, 0.1) is 6.33 Å². The second kappa shape index (κ2) is 9.82. The SMILES string of the molecule is Cc1c(CCn2ccnc2)cccc1SCCCCCC(C)C. The maximum atomic E-state index is 4.11. The Morgan fingerprint density at radius 2 is 2.04 bits per heavy atom. The van der Waals surface area contributed by atoms with Crippen molar-refractivity contribution in [1.82, 2.24) is 9.55 Å². The van der Waals surface area contributed by atoms with E-state index in [1.165, 1.54) is 47.5 Å². The van der Waals surface area contributed by atoms with E-state index >= 15 is 0 Å². The Labute approximate surface area is 145 Å². The highest BCUT2D eigenvalue weighted by Crippen LogP contribution is 2.26. The molecule has 1 aromatic carbocycles. The summed E-state index contributed by atoms with van der Waals surface area (Å²) < 4.78 is 2.15. The summed E-state index contributed by atoms with van der Waals surface area (Å²) in [7, 11) is 0. The predicted molar refractivity (Wildman–Crippen MR) is 101 cm³/mol. The minimum absolute atomic E-state index is 0.845. The Bertz CT molecular complexity index is 561. The van der Waals surface area contributed by atoms with Crippen LogP contribution in [0, 0.1) is 12.8 Å². The monoisotopic (exact) mass is 330 g/mol. The maximum Gasteiger partial charge on any atom is 0.0946 e. The van der Waals surface area contributed by atoms with Gasteiger partial charge in [-0.3, -0.25) is 0 Å². The van der Waals surface area contributed by atoms with Crippen molar-refractivity contribution < 1.29 is 0 Å². The molecule has 3 heteroatoms. The lowest BCUT2D eigenvalue weighted by molar-refractivity contribution is 0.535. The van der Waals surface area contributed by atoms with Gasteiger partial charge >= 0.3 is 0 Å². The molecule has 0 saturated heterocycles. The molecular weight excluding hydrogens is 300 g/mol. The van der Waals surface area contributed by atoms with Crippen molar-refractivity contribution in [3.8, 4) is 0 Å². The first-order valence-electron chi connectivity index (χ1n) is 8.84. The number of rotatable bonds is 10. The molecule has 1 aromatic heterocycles. The van der Waals surface area contributed by atoms with Crippen molar-refractivity contribution >= 4 is 11.8 Å². The van der Waals surface area contributed by atoms with Gasteiger partial charge in [0.15, 0.2) is 0 Å². The number of thioether (sulfide) groups is 1. The minimum atomic E-state index is 0.845. The molecule has 23 heavy (non-hydrogen) atoms. The second-order valence-corrected chi connectivity index (χ2v) is 7.82. The van der Waals surface area contributed by atoms with Crippen LogP contribution in [0.2, 0.25) is 0 Å². The van der Waals surface area contributed by atoms with E-state index in [2.05, 4.69) is 48.5 Å². The van der Waals surface area contributed by atoms with Crippen LogP contribution in [0.1, 0.15) is 50.7 Å². The highest BCUT2D eigenvalue weighted by atomic mass is 32.2. The van der Waals surface area contributed by atoms with Crippen LogP contribution in [-0.4, -0.2) is 15.3 Å². The average molecular weight is 331 g/mol. The Morgan fingerprint density at radius 3 is 2.78 bits per heavy atom. The van der Waals surface area contributed by atoms with Crippen molar-refractivity contribution in [1.29, 1.82) is 0 Å². The van der Waals surface area contributed by atoms with Gasteiger partial charge in [0.25, 0.3) is 0 Å². The number of benzene rings is 1. The van der Waals surface area contributed by atoms with Crippen LogP contribution in [0.3, 0.4) is 0 Å². The predicted octanol–water partition coefficient (Wildman–Crippen LogP) is 5.74. The Morgan fingerprint density at radius 1 is 1.17 bits per heavy atom. The van der Waals surface area contributed by atoms with Crippen molar-refractivity contribution in [3.05, 3.63) is 48.0 Å². The van der Waals surface area contributed by atoms with E-state index in [0.717, 1.165) is 18.9 Å². The standard InChI is InChI=1S/C20H30N2S/c1-17(2)8-5-4-6-15-23-20-10-7-9-19(18(20)3)11-13-22-14-12-21-16-22/h7,9-10,12,14,16-17H,4-6,8,11,13,15H2,1-3H3. The normalized spacial score (nSPS) is 11.3. The first-order valence-corrected chi connectivity index (χ1v) is 9.82. The molecule has 0 amide bonds. The van der Waals surface area contributed by atoms with E-state index in [0.29, 0.717) is 0 Å². The highest BCUT2D eigenvalue weighted by Gasteiger charge is 2.05. The van der Waals surface area contributed by atoms with Gasteiger partial charge in [-0.2, -0.15) is 0 Å². The first kappa shape index (κ1) is 18.1. The molecule has 0 fully saturated rings. The summed E-state index contributed by atoms with van der Waals surface area (Å²) in [6, 6.07) is 6.74. The molecule has 1 heterocycles. The molecule has 0 spiro atoms. The Kier molecular flexibility index (Phi) is 7.73. The molecule has 0 aliphatic heterocycles. The maximum absolute atomic E-state index is 4.11. The average Bonchev–Trinajstić information content (AvgIpc) is 3.04. The molecule has 2 rings (SSSR count). The molecule has 0 radical (unpaired) electrons. The van der Waals surface area contributed by atoms with Gasteiger partial charge in [-0.05, 0) is 48.6 Å². The lowest BCUT2D eigenvalue weighted by atomic mass is 10.1. The first-order chi connectivity index (χ1) is 11.2. The summed E-state index contributed by atoms with van der Waals surface area (Å²) in [5.74, 6) is 2.08. The van der Waals surface area contributed by atoms with Gasteiger partial charge in [0.2, 0.25) is 0 Å². The summed E-state index contributed by atoms with van der Waals surface area (Å²) >= 11 is 2.02. The number of aromatic nitrogens is 2. The van der Waals surface area contributed by atoms with E-state index < -0.39 is 0 Å². The molecule has 0 N–H and O–H groups in total. The molecule has 126 valence electrons. The van der Waals surface area contributed by atoms with Crippen LogP contribution >= 0.6 is 11.8 Å². The van der Waals surface area contributed by atoms with Gasteiger partial charge < -0.3 is 4.57 Å². The van der Waals surface area contributed by atoms with Crippen molar-refractivity contribution in [2.24, 2.45) is 5.92 Å². The van der Waals surface area contributed by atoms with Gasteiger partial charge in [0, 0.05) is 23.8 Å². The fourth-order valence-corrected chi connectivity index (χ4v) is 3.86. The molecule has 0 saturated carbocycles. The molecular formula is C20H30N2S. The van der Waals surface area contributed by atoms with E-state index in [1.54, 1.807) is 0 Å². The van der Waals surface area contributed by atoms with Crippen LogP contribution in [0.4, 0.5) is 0 Å². The zero-order chi connectivity index (χ0) is 16.5. The van der Waals surface area contributed by atoms with Crippen molar-refractivity contribution in [3.63, 3.8) is 0 Å². The third-order valence-electron chi connectivity index (χ3n) is 4.28. The zero-order valence-electron chi connectivity index (χ0n) is 14.8. The Balaban J connectivity index is 1.77. The van der Waals surface area contributed by atoms with Crippen LogP contribution in [0.5, 0.6) is 0 Å². The number of hydrogen-bond acceptors (Lipinski definition) is 2. The third kappa shape index (κ3) is 6.42. The number of aryl methyl sites for hydroxylation is 2. The minimum Gasteiger partial charge on any atom is -0.337 e. The number of imidazole rings is 1. The summed E-state index contributed by atoms with van der Waals surface area (Å²) in [6.07, 6.45) is 12.3. The van der Waals surface area contributed by atoms with Crippen LogP contribution in [-0.2, 0) is 13.0 Å². The van der Waals surface area contributed by atoms with Gasteiger partial charge in [0.1, 0.15) is 0 Å². The Hall–Kier alpha value is -1.22. The van der Waals surface area contributed by atoms with E-state index in [1.807, 2.05) is 30.5 Å². The van der Waals surface area contributed by atoms with Crippen molar-refractivity contribution in [2.75, 3.05) is 5.75 Å². The largest absolute Gasteiger partial charge is 0.337 e. The zero-order valence-corrected chi connectivity index (χ0v) is 15.6. The van der Waals surface area contributed by atoms with Gasteiger partial charge in [-0.25, -0.2) is 4.98 Å². The summed E-state index contributed by atoms with van der Waals surface area (Å²) in [5.41, 5.74) is 2.92. The van der Waals surface area contributed by atoms with E-state index in [-0.39, 0.29) is 0 Å². The summed E-state index contributed by atoms with van der Waals surface area (Å²) in [6.45, 7) is 7.90. The molecule has 0 atom stereocenters. The molecule has 0 bridgehead atoms. The number of hydrogen-bond donors (Lipinski definition) is 0. The van der Waals surface area contributed by atoms with Gasteiger partial charge in [-0.1, -0.05) is 45.2 Å². The fraction of sp³-hybridized carbons (Fsp3) is 0.550. The van der Waals surface area contributed by atoms with Crippen molar-refractivity contribution in [2.45, 2.75) is 64.3 Å². The van der Waals surface area contributed by atoms with E-state index in [9.17, 15) is 0 Å². The summed E-state index contributed by atoms with van der Waals surface area (Å²) in [4.78, 5) is 5.56. The van der Waals surface area contributed by atoms with Gasteiger partial charge in [-0.15, -0.1) is 11.8 Å². The molecule has 0 aliphatic rings. The topological polar surface area (TPSA) is 17.8 Å². The lowest BCUT2D eigenvalue weighted by Gasteiger charge is -2.11. The lowest BCUT2D eigenvalue weighted by Crippen LogP contribution is -2.01. The number of unbranched alkanes of at least 4 members (excludes halogenated alkanes) is 2. The van der Waals surface area contributed by atoms with E-state index in [4.69, 9.17) is 0 Å². The number of nitrogens with zero attached hydrogens (tertiary/aromatic N) is 2. The highest BCUT2D eigenvalue weighted by molar-refractivity contribution is 7.99. The van der Waals surface area contributed by atoms with Crippen LogP contribution < -0.4 is 0 Å². The quantitative estimate of drug-likeness (QED) is 0.408. The molecule has 0 aliphatic carbocycles. The summed E-state index contributed by atoms with van der Waals surface area (Å²) in [5, 5.41) is 0. The molecule has 2 aromatic rings. The molecule has 2 nitrogen and oxygen atoms in total. The molecule has 0 unspecified atom stereocenters. The smallest absolute Gasteiger partial charge is 0.0946 e. The fourth-order valence-electron chi connectivity index (χ4n) is 2.77. The van der Waals surface area contributed by atoms with Crippen LogP contribution in [0.25, 0.3) is 0 Å². The van der Waals surface area contributed by atoms with Crippen LogP contribution in [0.15, 0.2) is 41.8 Å². The second-order valence-electron chi connectivity index (χ2n) is 6.68.